The van der Waals surface area contributed by atoms with Crippen LogP contribution in [-0.4, -0.2) is 37.4 Å². The SMILES string of the molecule is CC(F)(F)F.CN1CCC(N)=C(C=N)C1. The Hall–Kier alpha value is -1.04. The van der Waals surface area contributed by atoms with Gasteiger partial charge < -0.3 is 16.0 Å². The van der Waals surface area contributed by atoms with E-state index in [0.717, 1.165) is 30.8 Å². The number of alkyl halides is 3. The first kappa shape index (κ1) is 14.0. The maximum absolute atomic E-state index is 10.4. The molecule has 0 spiro atoms. The second-order valence-corrected chi connectivity index (χ2v) is 3.46. The Bertz CT molecular complexity index is 239. The van der Waals surface area contributed by atoms with E-state index in [0.29, 0.717) is 0 Å². The summed E-state index contributed by atoms with van der Waals surface area (Å²) in [4.78, 5) is 2.16. The summed E-state index contributed by atoms with van der Waals surface area (Å²) in [5.74, 6) is 0. The zero-order valence-electron chi connectivity index (χ0n) is 8.86. The molecule has 1 rings (SSSR count). The highest BCUT2D eigenvalue weighted by molar-refractivity contribution is 5.77. The predicted octanol–water partition coefficient (Wildman–Crippen LogP) is 1.75. The van der Waals surface area contributed by atoms with Crippen LogP contribution in [0.25, 0.3) is 0 Å². The number of nitrogens with zero attached hydrogens (tertiary/aromatic N) is 1. The van der Waals surface area contributed by atoms with Crippen molar-refractivity contribution in [1.29, 1.82) is 5.41 Å². The molecule has 15 heavy (non-hydrogen) atoms. The molecule has 0 aromatic rings. The molecule has 0 aliphatic carbocycles. The van der Waals surface area contributed by atoms with E-state index < -0.39 is 6.18 Å². The molecular formula is C9H16F3N3. The molecule has 0 aromatic carbocycles. The van der Waals surface area contributed by atoms with E-state index in [-0.39, 0.29) is 6.92 Å². The Balaban J connectivity index is 0.000000336. The highest BCUT2D eigenvalue weighted by atomic mass is 19.4. The van der Waals surface area contributed by atoms with E-state index in [1.54, 1.807) is 0 Å². The molecule has 0 fully saturated rings. The first-order chi connectivity index (χ1) is 6.74. The fraction of sp³-hybridized carbons (Fsp3) is 0.667. The van der Waals surface area contributed by atoms with E-state index in [1.807, 2.05) is 7.05 Å². The van der Waals surface area contributed by atoms with Crippen molar-refractivity contribution in [3.05, 3.63) is 11.3 Å². The average Bonchev–Trinajstić information content (AvgIpc) is 2.06. The van der Waals surface area contributed by atoms with Crippen LogP contribution in [0.4, 0.5) is 13.2 Å². The lowest BCUT2D eigenvalue weighted by molar-refractivity contribution is -0.110. The lowest BCUT2D eigenvalue weighted by Crippen LogP contribution is -2.30. The van der Waals surface area contributed by atoms with Gasteiger partial charge in [-0.3, -0.25) is 0 Å². The van der Waals surface area contributed by atoms with Gasteiger partial charge in [0.2, 0.25) is 0 Å². The van der Waals surface area contributed by atoms with Gasteiger partial charge in [-0.25, -0.2) is 0 Å². The second-order valence-electron chi connectivity index (χ2n) is 3.46. The van der Waals surface area contributed by atoms with Crippen molar-refractivity contribution in [2.45, 2.75) is 19.5 Å². The number of likely N-dealkylation sites (N-methyl/N-ethyl adjacent to an activating group) is 1. The third-order valence-corrected chi connectivity index (χ3v) is 1.79. The van der Waals surface area contributed by atoms with Crippen LogP contribution < -0.4 is 5.73 Å². The van der Waals surface area contributed by atoms with Gasteiger partial charge in [-0.2, -0.15) is 13.2 Å². The quantitative estimate of drug-likeness (QED) is 0.665. The molecule has 3 nitrogen and oxygen atoms in total. The van der Waals surface area contributed by atoms with Crippen molar-refractivity contribution in [3.63, 3.8) is 0 Å². The van der Waals surface area contributed by atoms with Gasteiger partial charge in [0.05, 0.1) is 0 Å². The number of hydrogen-bond donors (Lipinski definition) is 2. The molecule has 0 amide bonds. The molecule has 0 atom stereocenters. The average molecular weight is 223 g/mol. The van der Waals surface area contributed by atoms with E-state index in [4.69, 9.17) is 11.1 Å². The summed E-state index contributed by atoms with van der Waals surface area (Å²) >= 11 is 0. The molecule has 0 aromatic heterocycles. The molecule has 1 aliphatic heterocycles. The van der Waals surface area contributed by atoms with E-state index in [9.17, 15) is 13.2 Å². The summed E-state index contributed by atoms with van der Waals surface area (Å²) < 4.78 is 31.1. The molecule has 0 radical (unpaired) electrons. The number of hydrogen-bond acceptors (Lipinski definition) is 3. The molecule has 0 unspecified atom stereocenters. The van der Waals surface area contributed by atoms with Crippen LogP contribution in [0.15, 0.2) is 11.3 Å². The smallest absolute Gasteiger partial charge is 0.386 e. The van der Waals surface area contributed by atoms with Gasteiger partial charge in [0.15, 0.2) is 0 Å². The molecule has 3 N–H and O–H groups in total. The van der Waals surface area contributed by atoms with E-state index in [2.05, 4.69) is 4.90 Å². The fourth-order valence-corrected chi connectivity index (χ4v) is 1.08. The van der Waals surface area contributed by atoms with Crippen molar-refractivity contribution >= 4 is 6.21 Å². The minimum atomic E-state index is -4.00. The summed E-state index contributed by atoms with van der Waals surface area (Å²) in [5.41, 5.74) is 7.50. The van der Waals surface area contributed by atoms with Gasteiger partial charge in [0, 0.05) is 43.9 Å². The van der Waals surface area contributed by atoms with Gasteiger partial charge in [0.1, 0.15) is 0 Å². The van der Waals surface area contributed by atoms with Crippen molar-refractivity contribution in [2.75, 3.05) is 20.1 Å². The first-order valence-corrected chi connectivity index (χ1v) is 4.47. The van der Waals surface area contributed by atoms with Crippen molar-refractivity contribution < 1.29 is 13.2 Å². The molecule has 0 saturated carbocycles. The third-order valence-electron chi connectivity index (χ3n) is 1.79. The second kappa shape index (κ2) is 5.75. The summed E-state index contributed by atoms with van der Waals surface area (Å²) in [6.07, 6.45) is -1.74. The van der Waals surface area contributed by atoms with E-state index >= 15 is 0 Å². The molecule has 0 saturated heterocycles. The monoisotopic (exact) mass is 223 g/mol. The summed E-state index contributed by atoms with van der Waals surface area (Å²) in [6, 6.07) is 0. The Morgan fingerprint density at radius 2 is 1.93 bits per heavy atom. The zero-order valence-corrected chi connectivity index (χ0v) is 8.86. The van der Waals surface area contributed by atoms with Crippen LogP contribution in [0.5, 0.6) is 0 Å². The number of nitrogens with one attached hydrogen (secondary N) is 1. The van der Waals surface area contributed by atoms with Gasteiger partial charge in [-0.15, -0.1) is 0 Å². The summed E-state index contributed by atoms with van der Waals surface area (Å²) in [7, 11) is 2.04. The molecule has 0 bridgehead atoms. The van der Waals surface area contributed by atoms with Crippen molar-refractivity contribution in [3.8, 4) is 0 Å². The van der Waals surface area contributed by atoms with Gasteiger partial charge in [-0.1, -0.05) is 0 Å². The molecular weight excluding hydrogens is 207 g/mol. The maximum Gasteiger partial charge on any atom is 0.386 e. The Kier molecular flexibility index (Phi) is 5.35. The largest absolute Gasteiger partial charge is 0.402 e. The Labute approximate surface area is 87.3 Å². The molecule has 6 heteroatoms. The molecule has 88 valence electrons. The zero-order chi connectivity index (χ0) is 12.1. The van der Waals surface area contributed by atoms with Crippen LogP contribution in [0.2, 0.25) is 0 Å². The van der Waals surface area contributed by atoms with Gasteiger partial charge in [-0.05, 0) is 7.05 Å². The third kappa shape index (κ3) is 7.99. The highest BCUT2D eigenvalue weighted by Crippen LogP contribution is 2.10. The summed E-state index contributed by atoms with van der Waals surface area (Å²) in [6.45, 7) is 2.03. The fourth-order valence-electron chi connectivity index (χ4n) is 1.08. The normalized spacial score (nSPS) is 18.2. The summed E-state index contributed by atoms with van der Waals surface area (Å²) in [5, 5.41) is 7.03. The molecule has 1 aliphatic rings. The highest BCUT2D eigenvalue weighted by Gasteiger charge is 2.15. The maximum atomic E-state index is 10.4. The number of nitrogens with two attached hydrogens (primary N) is 1. The van der Waals surface area contributed by atoms with Crippen LogP contribution in [0, 0.1) is 5.41 Å². The van der Waals surface area contributed by atoms with Crippen LogP contribution in [-0.2, 0) is 0 Å². The van der Waals surface area contributed by atoms with E-state index in [1.165, 1.54) is 6.21 Å². The first-order valence-electron chi connectivity index (χ1n) is 4.47. The molecule has 1 heterocycles. The predicted molar refractivity (Wildman–Crippen MR) is 53.8 cm³/mol. The lowest BCUT2D eigenvalue weighted by Gasteiger charge is -2.23. The Morgan fingerprint density at radius 1 is 1.47 bits per heavy atom. The number of halogens is 3. The van der Waals surface area contributed by atoms with Crippen LogP contribution >= 0.6 is 0 Å². The topological polar surface area (TPSA) is 53.1 Å². The minimum Gasteiger partial charge on any atom is -0.402 e. The Morgan fingerprint density at radius 3 is 2.27 bits per heavy atom. The number of rotatable bonds is 1. The van der Waals surface area contributed by atoms with Crippen molar-refractivity contribution in [1.82, 2.24) is 4.90 Å². The minimum absolute atomic E-state index is 0.188. The standard InChI is InChI=1S/C7H13N3.C2H3F3/c1-10-3-2-7(9)6(4-8)5-10;1-2(3,4)5/h4,8H,2-3,5,9H2,1H3;1H3. The van der Waals surface area contributed by atoms with Gasteiger partial charge >= 0.3 is 6.18 Å². The van der Waals surface area contributed by atoms with Crippen LogP contribution in [0.1, 0.15) is 13.3 Å². The lowest BCUT2D eigenvalue weighted by atomic mass is 10.1. The van der Waals surface area contributed by atoms with Crippen LogP contribution in [0.3, 0.4) is 0 Å². The van der Waals surface area contributed by atoms with Crippen molar-refractivity contribution in [2.24, 2.45) is 5.73 Å². The van der Waals surface area contributed by atoms with Gasteiger partial charge in [0.25, 0.3) is 0 Å².